The van der Waals surface area contributed by atoms with E-state index < -0.39 is 0 Å². The van der Waals surface area contributed by atoms with Crippen molar-refractivity contribution in [2.75, 3.05) is 0 Å². The molecule has 0 nitrogen and oxygen atoms in total. The Morgan fingerprint density at radius 2 is 1.70 bits per heavy atom. The molecule has 0 aliphatic carbocycles. The van der Waals surface area contributed by atoms with E-state index in [1.807, 2.05) is 6.92 Å². The number of hydrogen-bond donors (Lipinski definition) is 0. The number of rotatable bonds is 4. The van der Waals surface area contributed by atoms with Crippen LogP contribution in [0.25, 0.3) is 0 Å². The predicted octanol–water partition coefficient (Wildman–Crippen LogP) is 3.55. The second kappa shape index (κ2) is 6.60. The summed E-state index contributed by atoms with van der Waals surface area (Å²) in [5, 5.41) is 0. The molecule has 10 heavy (non-hydrogen) atoms. The molecule has 0 radical (unpaired) electrons. The summed E-state index contributed by atoms with van der Waals surface area (Å²) in [6, 6.07) is 0. The molecular formula is C10H18. The van der Waals surface area contributed by atoms with Gasteiger partial charge in [-0.1, -0.05) is 38.2 Å². The summed E-state index contributed by atoms with van der Waals surface area (Å²) in [4.78, 5) is 0. The molecule has 0 aromatic heterocycles. The van der Waals surface area contributed by atoms with Gasteiger partial charge in [-0.15, -0.1) is 0 Å². The lowest BCUT2D eigenvalue weighted by molar-refractivity contribution is 0.606. The summed E-state index contributed by atoms with van der Waals surface area (Å²) in [5.41, 5.74) is 0. The van der Waals surface area contributed by atoms with E-state index in [2.05, 4.69) is 38.2 Å². The third-order valence-corrected chi connectivity index (χ3v) is 1.74. The molecule has 0 spiro atoms. The van der Waals surface area contributed by atoms with Crippen molar-refractivity contribution in [1.29, 1.82) is 0 Å². The molecule has 0 heterocycles. The lowest BCUT2D eigenvalue weighted by Crippen LogP contribution is -1.89. The van der Waals surface area contributed by atoms with Crippen LogP contribution in [0, 0.1) is 5.92 Å². The summed E-state index contributed by atoms with van der Waals surface area (Å²) in [6.45, 7) is 6.50. The van der Waals surface area contributed by atoms with Crippen LogP contribution in [0.15, 0.2) is 24.3 Å². The average Bonchev–Trinajstić information content (AvgIpc) is 1.99. The van der Waals surface area contributed by atoms with E-state index in [4.69, 9.17) is 0 Å². The molecule has 0 saturated carbocycles. The van der Waals surface area contributed by atoms with Gasteiger partial charge in [0.15, 0.2) is 0 Å². The van der Waals surface area contributed by atoms with Gasteiger partial charge in [-0.3, -0.25) is 0 Å². The third kappa shape index (κ3) is 4.37. The third-order valence-electron chi connectivity index (χ3n) is 1.74. The largest absolute Gasteiger partial charge is 0.0877 e. The van der Waals surface area contributed by atoms with Crippen LogP contribution >= 0.6 is 0 Å². The molecule has 0 unspecified atom stereocenters. The van der Waals surface area contributed by atoms with Crippen molar-refractivity contribution in [3.8, 4) is 0 Å². The van der Waals surface area contributed by atoms with Gasteiger partial charge < -0.3 is 0 Å². The Morgan fingerprint density at radius 1 is 1.10 bits per heavy atom. The van der Waals surface area contributed by atoms with Gasteiger partial charge in [-0.2, -0.15) is 0 Å². The highest BCUT2D eigenvalue weighted by Crippen LogP contribution is 2.08. The summed E-state index contributed by atoms with van der Waals surface area (Å²) >= 11 is 0. The molecule has 0 rings (SSSR count). The van der Waals surface area contributed by atoms with E-state index in [1.165, 1.54) is 12.8 Å². The Morgan fingerprint density at radius 3 is 2.10 bits per heavy atom. The van der Waals surface area contributed by atoms with E-state index in [0.29, 0.717) is 0 Å². The zero-order valence-electron chi connectivity index (χ0n) is 7.30. The van der Waals surface area contributed by atoms with Gasteiger partial charge in [-0.05, 0) is 25.7 Å². The highest BCUT2D eigenvalue weighted by Gasteiger charge is 1.94. The molecule has 0 bridgehead atoms. The van der Waals surface area contributed by atoms with Gasteiger partial charge in [0.25, 0.3) is 0 Å². The van der Waals surface area contributed by atoms with Crippen LogP contribution in [-0.4, -0.2) is 0 Å². The molecule has 0 saturated heterocycles. The van der Waals surface area contributed by atoms with Crippen molar-refractivity contribution >= 4 is 0 Å². The lowest BCUT2D eigenvalue weighted by atomic mass is 10.0. The van der Waals surface area contributed by atoms with Crippen LogP contribution in [0.3, 0.4) is 0 Å². The molecule has 0 aliphatic heterocycles. The van der Waals surface area contributed by atoms with Crippen molar-refractivity contribution in [1.82, 2.24) is 0 Å². The Kier molecular flexibility index (Phi) is 6.25. The zero-order valence-corrected chi connectivity index (χ0v) is 7.30. The molecule has 0 amide bonds. The minimum Gasteiger partial charge on any atom is -0.0877 e. The molecular weight excluding hydrogens is 120 g/mol. The average molecular weight is 138 g/mol. The Balaban J connectivity index is 3.60. The topological polar surface area (TPSA) is 0 Å². The van der Waals surface area contributed by atoms with E-state index in [1.54, 1.807) is 0 Å². The first-order chi connectivity index (χ1) is 4.85. The van der Waals surface area contributed by atoms with Crippen molar-refractivity contribution in [2.45, 2.75) is 33.6 Å². The molecule has 0 N–H and O–H groups in total. The second-order valence-corrected chi connectivity index (χ2v) is 2.49. The summed E-state index contributed by atoms with van der Waals surface area (Å²) in [6.07, 6.45) is 11.1. The molecule has 0 fully saturated rings. The standard InChI is InChI=1S/C10H18/c1-4-7-8-9-10(5-2)6-3/h4,7-10H,5-6H2,1-3H3/b7-4-,9-8+. The first-order valence-electron chi connectivity index (χ1n) is 4.14. The molecule has 0 aromatic rings. The molecule has 0 aromatic carbocycles. The monoisotopic (exact) mass is 138 g/mol. The van der Waals surface area contributed by atoms with E-state index in [9.17, 15) is 0 Å². The van der Waals surface area contributed by atoms with Gasteiger partial charge in [0.1, 0.15) is 0 Å². The summed E-state index contributed by atoms with van der Waals surface area (Å²) in [5.74, 6) is 0.774. The number of hydrogen-bond acceptors (Lipinski definition) is 0. The molecule has 0 heteroatoms. The van der Waals surface area contributed by atoms with Crippen molar-refractivity contribution < 1.29 is 0 Å². The second-order valence-electron chi connectivity index (χ2n) is 2.49. The maximum atomic E-state index is 2.28. The van der Waals surface area contributed by atoms with E-state index >= 15 is 0 Å². The Hall–Kier alpha value is -0.520. The van der Waals surface area contributed by atoms with Crippen molar-refractivity contribution in [3.63, 3.8) is 0 Å². The van der Waals surface area contributed by atoms with Crippen LogP contribution in [-0.2, 0) is 0 Å². The van der Waals surface area contributed by atoms with Gasteiger partial charge >= 0.3 is 0 Å². The molecule has 58 valence electrons. The SMILES string of the molecule is C/C=C\C=C\C(CC)CC. The first kappa shape index (κ1) is 9.48. The maximum Gasteiger partial charge on any atom is -0.0236 e. The van der Waals surface area contributed by atoms with Crippen LogP contribution in [0.2, 0.25) is 0 Å². The van der Waals surface area contributed by atoms with Crippen molar-refractivity contribution in [3.05, 3.63) is 24.3 Å². The summed E-state index contributed by atoms with van der Waals surface area (Å²) in [7, 11) is 0. The first-order valence-corrected chi connectivity index (χ1v) is 4.14. The Labute approximate surface area is 64.6 Å². The fraction of sp³-hybridized carbons (Fsp3) is 0.600. The number of allylic oxidation sites excluding steroid dienone is 4. The Bertz CT molecular complexity index is 105. The maximum absolute atomic E-state index is 2.28. The zero-order chi connectivity index (χ0) is 7.82. The highest BCUT2D eigenvalue weighted by molar-refractivity contribution is 5.02. The van der Waals surface area contributed by atoms with Gasteiger partial charge in [-0.25, -0.2) is 0 Å². The van der Waals surface area contributed by atoms with E-state index in [-0.39, 0.29) is 0 Å². The lowest BCUT2D eigenvalue weighted by Gasteiger charge is -2.02. The van der Waals surface area contributed by atoms with Crippen LogP contribution in [0.4, 0.5) is 0 Å². The quantitative estimate of drug-likeness (QED) is 0.521. The molecule has 0 atom stereocenters. The van der Waals surface area contributed by atoms with Crippen LogP contribution in [0.1, 0.15) is 33.6 Å². The smallest absolute Gasteiger partial charge is 0.0236 e. The predicted molar refractivity (Wildman–Crippen MR) is 48.0 cm³/mol. The normalized spacial score (nSPS) is 12.4. The molecule has 0 aliphatic rings. The van der Waals surface area contributed by atoms with Crippen LogP contribution < -0.4 is 0 Å². The van der Waals surface area contributed by atoms with Crippen molar-refractivity contribution in [2.24, 2.45) is 5.92 Å². The minimum atomic E-state index is 0.774. The fourth-order valence-electron chi connectivity index (χ4n) is 0.893. The van der Waals surface area contributed by atoms with E-state index in [0.717, 1.165) is 5.92 Å². The minimum absolute atomic E-state index is 0.774. The fourth-order valence-corrected chi connectivity index (χ4v) is 0.893. The van der Waals surface area contributed by atoms with Gasteiger partial charge in [0.05, 0.1) is 0 Å². The highest BCUT2D eigenvalue weighted by atomic mass is 14.0. The van der Waals surface area contributed by atoms with Crippen LogP contribution in [0.5, 0.6) is 0 Å². The van der Waals surface area contributed by atoms with Gasteiger partial charge in [0, 0.05) is 0 Å². The van der Waals surface area contributed by atoms with Gasteiger partial charge in [0.2, 0.25) is 0 Å². The summed E-state index contributed by atoms with van der Waals surface area (Å²) < 4.78 is 0.